The second-order valence-electron chi connectivity index (χ2n) is 4.80. The molecule has 0 unspecified atom stereocenters. The van der Waals surface area contributed by atoms with Gasteiger partial charge in [-0.2, -0.15) is 0 Å². The van der Waals surface area contributed by atoms with Gasteiger partial charge in [0.2, 0.25) is 0 Å². The van der Waals surface area contributed by atoms with Crippen molar-refractivity contribution in [1.29, 1.82) is 0 Å². The Morgan fingerprint density at radius 3 is 3.05 bits per heavy atom. The molecule has 2 aromatic rings. The van der Waals surface area contributed by atoms with Crippen LogP contribution < -0.4 is 5.32 Å². The van der Waals surface area contributed by atoms with Gasteiger partial charge >= 0.3 is 0 Å². The van der Waals surface area contributed by atoms with Crippen LogP contribution in [0.1, 0.15) is 23.0 Å². The van der Waals surface area contributed by atoms with E-state index in [9.17, 15) is 0 Å². The van der Waals surface area contributed by atoms with Gasteiger partial charge in [-0.05, 0) is 5.56 Å². The number of hydrogen-bond donors (Lipinski definition) is 1. The predicted octanol–water partition coefficient (Wildman–Crippen LogP) is 1.22. The highest BCUT2D eigenvalue weighted by Crippen LogP contribution is 2.20. The van der Waals surface area contributed by atoms with Crippen LogP contribution in [-0.4, -0.2) is 28.1 Å². The maximum Gasteiger partial charge on any atom is 0.105 e. The molecule has 0 saturated heterocycles. The number of aryl methyl sites for hydroxylation is 1. The van der Waals surface area contributed by atoms with Gasteiger partial charge < -0.3 is 10.1 Å². The molecule has 1 aliphatic heterocycles. The minimum Gasteiger partial charge on any atom is -0.375 e. The third-order valence-electron chi connectivity index (χ3n) is 3.45. The fourth-order valence-electron chi connectivity index (χ4n) is 2.42. The lowest BCUT2D eigenvalue weighted by Gasteiger charge is -2.22. The zero-order valence-corrected chi connectivity index (χ0v) is 11.0. The Morgan fingerprint density at radius 1 is 1.37 bits per heavy atom. The summed E-state index contributed by atoms with van der Waals surface area (Å²) in [5, 5.41) is 11.8. The normalized spacial score (nSPS) is 18.3. The van der Waals surface area contributed by atoms with Crippen LogP contribution in [0.3, 0.4) is 0 Å². The minimum absolute atomic E-state index is 0.154. The number of aromatic nitrogens is 3. The van der Waals surface area contributed by atoms with Crippen molar-refractivity contribution in [3.63, 3.8) is 0 Å². The number of nitrogens with zero attached hydrogens (tertiary/aromatic N) is 3. The molecule has 0 amide bonds. The van der Waals surface area contributed by atoms with Gasteiger partial charge in [0, 0.05) is 20.0 Å². The van der Waals surface area contributed by atoms with E-state index >= 15 is 0 Å². The largest absolute Gasteiger partial charge is 0.375 e. The molecule has 0 radical (unpaired) electrons. The molecule has 19 heavy (non-hydrogen) atoms. The molecule has 3 rings (SSSR count). The fourth-order valence-corrected chi connectivity index (χ4v) is 2.42. The summed E-state index contributed by atoms with van der Waals surface area (Å²) < 4.78 is 7.65. The molecule has 1 atom stereocenters. The first kappa shape index (κ1) is 12.3. The molecule has 1 aliphatic rings. The first-order chi connectivity index (χ1) is 9.34. The van der Waals surface area contributed by atoms with Gasteiger partial charge in [0.15, 0.2) is 0 Å². The van der Waals surface area contributed by atoms with E-state index in [0.29, 0.717) is 13.2 Å². The molecule has 100 valence electrons. The molecule has 0 fully saturated rings. The third kappa shape index (κ3) is 2.67. The van der Waals surface area contributed by atoms with Crippen molar-refractivity contribution in [1.82, 2.24) is 20.3 Å². The molecular formula is C14H18N4O. The summed E-state index contributed by atoms with van der Waals surface area (Å²) in [6.07, 6.45) is 0.980. The summed E-state index contributed by atoms with van der Waals surface area (Å²) >= 11 is 0. The average Bonchev–Trinajstić information content (AvgIpc) is 2.83. The summed E-state index contributed by atoms with van der Waals surface area (Å²) in [6, 6.07) is 10.4. The van der Waals surface area contributed by atoms with Crippen molar-refractivity contribution in [2.75, 3.05) is 13.2 Å². The standard InChI is InChI=1S/C14H18N4O/c1-18-13-7-8-15-12(14(13)16-17-18)10-19-9-11-5-3-2-4-6-11/h2-6,12,15H,7-10H2,1H3/t12-/m0/s1. The van der Waals surface area contributed by atoms with Crippen molar-refractivity contribution in [3.05, 3.63) is 47.3 Å². The van der Waals surface area contributed by atoms with E-state index in [1.165, 1.54) is 11.3 Å². The van der Waals surface area contributed by atoms with E-state index in [2.05, 4.69) is 27.8 Å². The number of ether oxygens (including phenoxy) is 1. The molecular weight excluding hydrogens is 240 g/mol. The van der Waals surface area contributed by atoms with Crippen molar-refractivity contribution in [2.45, 2.75) is 19.1 Å². The second kappa shape index (κ2) is 5.50. The van der Waals surface area contributed by atoms with Crippen molar-refractivity contribution < 1.29 is 4.74 Å². The number of rotatable bonds is 4. The molecule has 2 heterocycles. The van der Waals surface area contributed by atoms with Crippen molar-refractivity contribution in [3.8, 4) is 0 Å². The minimum atomic E-state index is 0.154. The fraction of sp³-hybridized carbons (Fsp3) is 0.429. The molecule has 0 aliphatic carbocycles. The van der Waals surface area contributed by atoms with Gasteiger partial charge in [0.05, 0.1) is 24.9 Å². The Morgan fingerprint density at radius 2 is 2.21 bits per heavy atom. The summed E-state index contributed by atoms with van der Waals surface area (Å²) in [7, 11) is 1.94. The third-order valence-corrected chi connectivity index (χ3v) is 3.45. The van der Waals surface area contributed by atoms with Crippen LogP contribution in [0.25, 0.3) is 0 Å². The Kier molecular flexibility index (Phi) is 3.57. The lowest BCUT2D eigenvalue weighted by molar-refractivity contribution is 0.0957. The molecule has 1 aromatic heterocycles. The van der Waals surface area contributed by atoms with E-state index in [4.69, 9.17) is 4.74 Å². The maximum atomic E-state index is 5.79. The number of hydrogen-bond acceptors (Lipinski definition) is 4. The van der Waals surface area contributed by atoms with Crippen molar-refractivity contribution in [2.24, 2.45) is 7.05 Å². The quantitative estimate of drug-likeness (QED) is 0.896. The summed E-state index contributed by atoms with van der Waals surface area (Å²) in [4.78, 5) is 0. The van der Waals surface area contributed by atoms with Crippen LogP contribution in [0.2, 0.25) is 0 Å². The highest BCUT2D eigenvalue weighted by Gasteiger charge is 2.24. The summed E-state index contributed by atoms with van der Waals surface area (Å²) in [6.45, 7) is 2.21. The van der Waals surface area contributed by atoms with Crippen LogP contribution in [-0.2, 0) is 24.8 Å². The summed E-state index contributed by atoms with van der Waals surface area (Å²) in [5.41, 5.74) is 3.44. The molecule has 0 bridgehead atoms. The molecule has 5 nitrogen and oxygen atoms in total. The molecule has 1 N–H and O–H groups in total. The number of fused-ring (bicyclic) bond motifs is 1. The molecule has 0 spiro atoms. The van der Waals surface area contributed by atoms with E-state index in [-0.39, 0.29) is 6.04 Å². The predicted molar refractivity (Wildman–Crippen MR) is 71.5 cm³/mol. The van der Waals surface area contributed by atoms with E-state index in [1.807, 2.05) is 29.9 Å². The Bertz CT molecular complexity index is 538. The number of benzene rings is 1. The second-order valence-corrected chi connectivity index (χ2v) is 4.80. The van der Waals surface area contributed by atoms with Crippen LogP contribution in [0, 0.1) is 0 Å². The Labute approximate surface area is 112 Å². The van der Waals surface area contributed by atoms with Gasteiger partial charge in [-0.1, -0.05) is 35.5 Å². The first-order valence-electron chi connectivity index (χ1n) is 6.58. The van der Waals surface area contributed by atoms with Gasteiger partial charge in [-0.3, -0.25) is 4.68 Å². The van der Waals surface area contributed by atoms with Gasteiger partial charge in [-0.15, -0.1) is 5.10 Å². The molecule has 5 heteroatoms. The zero-order chi connectivity index (χ0) is 13.1. The lowest BCUT2D eigenvalue weighted by atomic mass is 10.1. The zero-order valence-electron chi connectivity index (χ0n) is 11.0. The lowest BCUT2D eigenvalue weighted by Crippen LogP contribution is -2.33. The first-order valence-corrected chi connectivity index (χ1v) is 6.58. The molecule has 0 saturated carbocycles. The SMILES string of the molecule is Cn1nnc2c1CCN[C@H]2COCc1ccccc1. The van der Waals surface area contributed by atoms with Gasteiger partial charge in [0.1, 0.15) is 5.69 Å². The van der Waals surface area contributed by atoms with Crippen LogP contribution in [0.5, 0.6) is 0 Å². The summed E-state index contributed by atoms with van der Waals surface area (Å²) in [5.74, 6) is 0. The smallest absolute Gasteiger partial charge is 0.105 e. The van der Waals surface area contributed by atoms with Crippen molar-refractivity contribution >= 4 is 0 Å². The highest BCUT2D eigenvalue weighted by molar-refractivity contribution is 5.18. The van der Waals surface area contributed by atoms with Gasteiger partial charge in [-0.25, -0.2) is 0 Å². The van der Waals surface area contributed by atoms with Crippen LogP contribution in [0.15, 0.2) is 30.3 Å². The van der Waals surface area contributed by atoms with E-state index < -0.39 is 0 Å². The highest BCUT2D eigenvalue weighted by atomic mass is 16.5. The monoisotopic (exact) mass is 258 g/mol. The number of nitrogens with one attached hydrogen (secondary N) is 1. The van der Waals surface area contributed by atoms with E-state index in [0.717, 1.165) is 18.7 Å². The van der Waals surface area contributed by atoms with Crippen LogP contribution >= 0.6 is 0 Å². The average molecular weight is 258 g/mol. The topological polar surface area (TPSA) is 52.0 Å². The molecule has 1 aromatic carbocycles. The van der Waals surface area contributed by atoms with E-state index in [1.54, 1.807) is 0 Å². The Balaban J connectivity index is 1.59. The van der Waals surface area contributed by atoms with Gasteiger partial charge in [0.25, 0.3) is 0 Å². The maximum absolute atomic E-state index is 5.79. The Hall–Kier alpha value is -1.72. The van der Waals surface area contributed by atoms with Crippen LogP contribution in [0.4, 0.5) is 0 Å².